The second kappa shape index (κ2) is 10.9. The van der Waals surface area contributed by atoms with E-state index in [1.807, 2.05) is 17.4 Å². The summed E-state index contributed by atoms with van der Waals surface area (Å²) in [5.41, 5.74) is 10.8. The summed E-state index contributed by atoms with van der Waals surface area (Å²) in [5.74, 6) is 0. The van der Waals surface area contributed by atoms with Crippen molar-refractivity contribution in [3.63, 3.8) is 0 Å². The predicted octanol–water partition coefficient (Wildman–Crippen LogP) is 15.2. The van der Waals surface area contributed by atoms with Crippen LogP contribution >= 0.6 is 11.3 Å². The minimum atomic E-state index is 0.879. The fraction of sp³-hybridized carbons (Fsp3) is 0. The van der Waals surface area contributed by atoms with E-state index < -0.39 is 0 Å². The van der Waals surface area contributed by atoms with Gasteiger partial charge in [-0.3, -0.25) is 0 Å². The predicted molar refractivity (Wildman–Crippen MR) is 225 cm³/mol. The molecule has 0 N–H and O–H groups in total. The van der Waals surface area contributed by atoms with Crippen LogP contribution in [-0.4, -0.2) is 0 Å². The molecule has 0 aliphatic carbocycles. The molecule has 0 saturated carbocycles. The van der Waals surface area contributed by atoms with Crippen LogP contribution in [0.4, 0.5) is 0 Å². The number of benzene rings is 9. The number of rotatable bonds is 3. The van der Waals surface area contributed by atoms with Gasteiger partial charge in [0.05, 0.1) is 4.70 Å². The number of hydrogen-bond donors (Lipinski definition) is 0. The Hall–Kier alpha value is -6.68. The monoisotopic (exact) mass is 692 g/mol. The molecule has 2 nitrogen and oxygen atoms in total. The van der Waals surface area contributed by atoms with Crippen molar-refractivity contribution in [3.8, 4) is 33.4 Å². The molecule has 0 saturated heterocycles. The van der Waals surface area contributed by atoms with E-state index in [2.05, 4.69) is 164 Å². The molecule has 0 amide bonds. The van der Waals surface area contributed by atoms with Crippen molar-refractivity contribution >= 4 is 96.9 Å². The van der Waals surface area contributed by atoms with Gasteiger partial charge in [0.2, 0.25) is 0 Å². The molecule has 12 aromatic rings. The molecule has 0 bridgehead atoms. The van der Waals surface area contributed by atoms with E-state index in [4.69, 9.17) is 8.83 Å². The van der Waals surface area contributed by atoms with Crippen molar-refractivity contribution in [2.45, 2.75) is 0 Å². The van der Waals surface area contributed by atoms with Gasteiger partial charge < -0.3 is 8.83 Å². The van der Waals surface area contributed by atoms with Crippen LogP contribution in [0, 0.1) is 0 Å². The molecule has 0 radical (unpaired) electrons. The van der Waals surface area contributed by atoms with Gasteiger partial charge in [0, 0.05) is 37.0 Å². The van der Waals surface area contributed by atoms with Crippen molar-refractivity contribution in [2.24, 2.45) is 0 Å². The van der Waals surface area contributed by atoms with Gasteiger partial charge in [-0.2, -0.15) is 0 Å². The fourth-order valence-electron chi connectivity index (χ4n) is 8.84. The lowest BCUT2D eigenvalue weighted by Gasteiger charge is -2.19. The number of fused-ring (bicyclic) bond motifs is 12. The van der Waals surface area contributed by atoms with E-state index in [9.17, 15) is 0 Å². The third-order valence-electron chi connectivity index (χ3n) is 11.0. The molecule has 0 aliphatic rings. The molecular formula is C50H28O2S. The van der Waals surface area contributed by atoms with Gasteiger partial charge in [-0.1, -0.05) is 133 Å². The Kier molecular flexibility index (Phi) is 5.96. The van der Waals surface area contributed by atoms with Crippen LogP contribution < -0.4 is 0 Å². The van der Waals surface area contributed by atoms with E-state index in [-0.39, 0.29) is 0 Å². The van der Waals surface area contributed by atoms with E-state index in [1.54, 1.807) is 0 Å². The smallest absolute Gasteiger partial charge is 0.153 e. The molecule has 3 heteroatoms. The lowest BCUT2D eigenvalue weighted by atomic mass is 9.84. The molecule has 0 unspecified atom stereocenters. The van der Waals surface area contributed by atoms with Crippen molar-refractivity contribution in [2.75, 3.05) is 0 Å². The number of hydrogen-bond acceptors (Lipinski definition) is 3. The highest BCUT2D eigenvalue weighted by molar-refractivity contribution is 7.26. The minimum Gasteiger partial charge on any atom is -0.456 e. The van der Waals surface area contributed by atoms with Crippen LogP contribution in [0.3, 0.4) is 0 Å². The summed E-state index contributed by atoms with van der Waals surface area (Å²) in [6.07, 6.45) is 0. The normalized spacial score (nSPS) is 12.2. The van der Waals surface area contributed by atoms with Crippen LogP contribution in [-0.2, 0) is 0 Å². The summed E-state index contributed by atoms with van der Waals surface area (Å²) in [7, 11) is 0. The maximum Gasteiger partial charge on any atom is 0.153 e. The van der Waals surface area contributed by atoms with Gasteiger partial charge in [-0.15, -0.1) is 11.3 Å². The summed E-state index contributed by atoms with van der Waals surface area (Å²) in [5, 5.41) is 11.9. The second-order valence-electron chi connectivity index (χ2n) is 13.9. The number of furan rings is 2. The highest BCUT2D eigenvalue weighted by Gasteiger charge is 2.24. The van der Waals surface area contributed by atoms with Crippen LogP contribution in [0.15, 0.2) is 179 Å². The van der Waals surface area contributed by atoms with E-state index in [1.165, 1.54) is 69.5 Å². The Bertz CT molecular complexity index is 3390. The van der Waals surface area contributed by atoms with Gasteiger partial charge in [0.15, 0.2) is 5.58 Å². The third kappa shape index (κ3) is 4.08. The zero-order valence-electron chi connectivity index (χ0n) is 28.4. The van der Waals surface area contributed by atoms with Gasteiger partial charge in [-0.05, 0) is 91.3 Å². The second-order valence-corrected chi connectivity index (χ2v) is 15.0. The fourth-order valence-corrected chi connectivity index (χ4v) is 10.0. The topological polar surface area (TPSA) is 26.3 Å². The van der Waals surface area contributed by atoms with Crippen LogP contribution in [0.5, 0.6) is 0 Å². The first-order valence-corrected chi connectivity index (χ1v) is 18.8. The number of thiophene rings is 1. The molecule has 0 atom stereocenters. The molecule has 0 fully saturated rings. The maximum absolute atomic E-state index is 6.80. The van der Waals surface area contributed by atoms with Crippen molar-refractivity contribution in [3.05, 3.63) is 170 Å². The SMILES string of the molecule is c1ccc(-c2c3ccccc3c(-c3cc(-c4cc5c6ccccc6oc5c5sc6ccccc6c45)cc4oc5ccccc5c34)c3ccccc23)cc1. The average molecular weight is 693 g/mol. The van der Waals surface area contributed by atoms with Crippen molar-refractivity contribution in [1.29, 1.82) is 0 Å². The Labute approximate surface area is 307 Å². The molecule has 246 valence electrons. The molecule has 3 aromatic heterocycles. The quantitative estimate of drug-likeness (QED) is 0.172. The summed E-state index contributed by atoms with van der Waals surface area (Å²) in [4.78, 5) is 0. The molecule has 53 heavy (non-hydrogen) atoms. The van der Waals surface area contributed by atoms with Gasteiger partial charge in [-0.25, -0.2) is 0 Å². The first-order chi connectivity index (χ1) is 26.3. The lowest BCUT2D eigenvalue weighted by molar-refractivity contribution is 0.669. The Balaban J connectivity index is 1.28. The Morgan fingerprint density at radius 3 is 1.62 bits per heavy atom. The first kappa shape index (κ1) is 29.0. The van der Waals surface area contributed by atoms with Crippen molar-refractivity contribution < 1.29 is 8.83 Å². The Morgan fingerprint density at radius 1 is 0.340 bits per heavy atom. The molecule has 0 aliphatic heterocycles. The van der Waals surface area contributed by atoms with Gasteiger partial charge in [0.25, 0.3) is 0 Å². The summed E-state index contributed by atoms with van der Waals surface area (Å²) in [6.45, 7) is 0. The van der Waals surface area contributed by atoms with Gasteiger partial charge >= 0.3 is 0 Å². The first-order valence-electron chi connectivity index (χ1n) is 18.0. The number of para-hydroxylation sites is 2. The molecule has 9 aromatic carbocycles. The maximum atomic E-state index is 6.80. The summed E-state index contributed by atoms with van der Waals surface area (Å²) < 4.78 is 15.8. The molecule has 0 spiro atoms. The third-order valence-corrected chi connectivity index (χ3v) is 12.2. The van der Waals surface area contributed by atoms with Crippen LogP contribution in [0.1, 0.15) is 0 Å². The van der Waals surface area contributed by atoms with E-state index in [0.717, 1.165) is 49.4 Å². The standard InChI is InChI=1S/C50H28O2S/c1-2-14-29(15-3-1)45-32-17-4-6-19-34(32)46(35-20-7-5-18-33(35)45)40-26-30(27-43-47(40)36-21-9-12-24-42(36)51-43)38-28-39-31-16-8-11-23-41(31)52-49(39)50-48(38)37-22-10-13-25-44(37)53-50/h1-28H. The van der Waals surface area contributed by atoms with Crippen LogP contribution in [0.2, 0.25) is 0 Å². The molecule has 3 heterocycles. The minimum absolute atomic E-state index is 0.879. The zero-order valence-corrected chi connectivity index (χ0v) is 29.2. The average Bonchev–Trinajstić information content (AvgIpc) is 3.91. The molecular weight excluding hydrogens is 665 g/mol. The summed E-state index contributed by atoms with van der Waals surface area (Å²) >= 11 is 1.81. The zero-order chi connectivity index (χ0) is 34.6. The highest BCUT2D eigenvalue weighted by atomic mass is 32.1. The van der Waals surface area contributed by atoms with Crippen molar-refractivity contribution in [1.82, 2.24) is 0 Å². The summed E-state index contributed by atoms with van der Waals surface area (Å²) in [6, 6.07) is 61.2. The highest BCUT2D eigenvalue weighted by Crippen LogP contribution is 2.51. The van der Waals surface area contributed by atoms with E-state index >= 15 is 0 Å². The Morgan fingerprint density at radius 2 is 0.906 bits per heavy atom. The molecule has 12 rings (SSSR count). The van der Waals surface area contributed by atoms with Crippen LogP contribution in [0.25, 0.3) is 119 Å². The largest absolute Gasteiger partial charge is 0.456 e. The lowest BCUT2D eigenvalue weighted by Crippen LogP contribution is -1.92. The van der Waals surface area contributed by atoms with E-state index in [0.29, 0.717) is 0 Å². The van der Waals surface area contributed by atoms with Gasteiger partial charge in [0.1, 0.15) is 16.7 Å².